The molecular formula is C23H18N2O5S. The minimum atomic E-state index is -1.15. The van der Waals surface area contributed by atoms with Crippen LogP contribution < -0.4 is 11.1 Å². The predicted molar refractivity (Wildman–Crippen MR) is 117 cm³/mol. The van der Waals surface area contributed by atoms with Crippen LogP contribution in [-0.2, 0) is 14.3 Å². The minimum Gasteiger partial charge on any atom is -0.452 e. The highest BCUT2D eigenvalue weighted by Gasteiger charge is 2.26. The molecule has 4 rings (SSSR count). The number of esters is 1. The predicted octanol–water partition coefficient (Wildman–Crippen LogP) is 3.27. The Labute approximate surface area is 181 Å². The Hall–Kier alpha value is -3.65. The van der Waals surface area contributed by atoms with Gasteiger partial charge in [0.15, 0.2) is 11.9 Å². The Kier molecular flexibility index (Phi) is 5.48. The molecule has 0 aliphatic heterocycles. The van der Waals surface area contributed by atoms with Gasteiger partial charge in [0.05, 0.1) is 5.75 Å². The summed E-state index contributed by atoms with van der Waals surface area (Å²) in [6, 6.07) is 15.9. The summed E-state index contributed by atoms with van der Waals surface area (Å²) in [6.45, 7) is 1.35. The molecule has 3 N–H and O–H groups in total. The van der Waals surface area contributed by atoms with Gasteiger partial charge in [-0.25, -0.2) is 4.79 Å². The molecule has 0 saturated carbocycles. The van der Waals surface area contributed by atoms with Gasteiger partial charge >= 0.3 is 12.0 Å². The topological polar surface area (TPSA) is 116 Å². The first kappa shape index (κ1) is 20.6. The summed E-state index contributed by atoms with van der Waals surface area (Å²) in [7, 11) is 0. The van der Waals surface area contributed by atoms with Gasteiger partial charge in [-0.1, -0.05) is 48.5 Å². The minimum absolute atomic E-state index is 0.0236. The van der Waals surface area contributed by atoms with Crippen molar-refractivity contribution in [2.24, 2.45) is 5.73 Å². The number of hydrogen-bond donors (Lipinski definition) is 2. The number of benzene rings is 3. The van der Waals surface area contributed by atoms with Crippen LogP contribution >= 0.6 is 11.8 Å². The second-order valence-electron chi connectivity index (χ2n) is 6.99. The zero-order valence-electron chi connectivity index (χ0n) is 16.5. The lowest BCUT2D eigenvalue weighted by molar-refractivity contribution is -0.151. The fourth-order valence-electron chi connectivity index (χ4n) is 3.62. The average molecular weight is 434 g/mol. The van der Waals surface area contributed by atoms with Crippen LogP contribution in [0.25, 0.3) is 21.9 Å². The van der Waals surface area contributed by atoms with Crippen LogP contribution in [0.5, 0.6) is 0 Å². The van der Waals surface area contributed by atoms with Gasteiger partial charge in [0, 0.05) is 21.4 Å². The van der Waals surface area contributed by atoms with Crippen LogP contribution in [0.3, 0.4) is 0 Å². The van der Waals surface area contributed by atoms with Gasteiger partial charge < -0.3 is 10.5 Å². The van der Waals surface area contributed by atoms with E-state index in [0.29, 0.717) is 11.1 Å². The lowest BCUT2D eigenvalue weighted by Gasteiger charge is -2.21. The zero-order valence-corrected chi connectivity index (χ0v) is 17.3. The van der Waals surface area contributed by atoms with Crippen molar-refractivity contribution in [1.82, 2.24) is 5.32 Å². The zero-order chi connectivity index (χ0) is 22.1. The highest BCUT2D eigenvalue weighted by Crippen LogP contribution is 2.42. The summed E-state index contributed by atoms with van der Waals surface area (Å²) in [6.07, 6.45) is -1.15. The van der Waals surface area contributed by atoms with Crippen LogP contribution in [0.2, 0.25) is 0 Å². The average Bonchev–Trinajstić information content (AvgIpc) is 2.75. The number of fused-ring (bicyclic) bond motifs is 2. The number of imide groups is 1. The van der Waals surface area contributed by atoms with E-state index in [1.54, 1.807) is 0 Å². The number of nitrogens with two attached hydrogens (primary N) is 1. The number of ketones is 1. The van der Waals surface area contributed by atoms with Crippen molar-refractivity contribution in [2.45, 2.75) is 17.9 Å². The van der Waals surface area contributed by atoms with Crippen molar-refractivity contribution in [3.8, 4) is 11.1 Å². The number of amides is 3. The van der Waals surface area contributed by atoms with Gasteiger partial charge in [-0.15, -0.1) is 11.8 Å². The van der Waals surface area contributed by atoms with Gasteiger partial charge in [0.25, 0.3) is 5.91 Å². The molecule has 0 aromatic heterocycles. The molecule has 0 saturated heterocycles. The molecular weight excluding hydrogens is 416 g/mol. The van der Waals surface area contributed by atoms with Gasteiger partial charge in [-0.3, -0.25) is 19.7 Å². The fraction of sp³-hybridized carbons (Fsp3) is 0.130. The van der Waals surface area contributed by atoms with Crippen LogP contribution in [0.1, 0.15) is 22.8 Å². The van der Waals surface area contributed by atoms with Gasteiger partial charge in [0.1, 0.15) is 0 Å². The van der Waals surface area contributed by atoms with Crippen LogP contribution in [0, 0.1) is 0 Å². The molecule has 31 heavy (non-hydrogen) atoms. The Morgan fingerprint density at radius 2 is 1.68 bits per heavy atom. The summed E-state index contributed by atoms with van der Waals surface area (Å²) >= 11 is 1.25. The molecule has 156 valence electrons. The quantitative estimate of drug-likeness (QED) is 0.368. The van der Waals surface area contributed by atoms with Gasteiger partial charge in [0.2, 0.25) is 0 Å². The summed E-state index contributed by atoms with van der Waals surface area (Å²) in [5, 5.41) is 3.60. The molecule has 1 unspecified atom stereocenters. The number of rotatable bonds is 5. The monoisotopic (exact) mass is 434 g/mol. The second kappa shape index (κ2) is 8.23. The molecule has 3 aromatic carbocycles. The van der Waals surface area contributed by atoms with E-state index in [9.17, 15) is 19.2 Å². The van der Waals surface area contributed by atoms with E-state index >= 15 is 0 Å². The number of urea groups is 1. The summed E-state index contributed by atoms with van der Waals surface area (Å²) in [5.41, 5.74) is 8.06. The maximum Gasteiger partial charge on any atom is 0.318 e. The van der Waals surface area contributed by atoms with Gasteiger partial charge in [-0.05, 0) is 29.5 Å². The van der Waals surface area contributed by atoms with E-state index in [0.717, 1.165) is 26.8 Å². The smallest absolute Gasteiger partial charge is 0.318 e. The maximum absolute atomic E-state index is 13.0. The van der Waals surface area contributed by atoms with Crippen molar-refractivity contribution >= 4 is 46.2 Å². The molecule has 0 fully saturated rings. The molecule has 7 nitrogen and oxygen atoms in total. The van der Waals surface area contributed by atoms with E-state index in [4.69, 9.17) is 10.5 Å². The van der Waals surface area contributed by atoms with E-state index in [2.05, 4.69) is 0 Å². The first-order chi connectivity index (χ1) is 14.9. The molecule has 1 atom stereocenters. The number of primary amides is 1. The maximum atomic E-state index is 13.0. The summed E-state index contributed by atoms with van der Waals surface area (Å²) < 4.78 is 5.06. The summed E-state index contributed by atoms with van der Waals surface area (Å²) in [5.74, 6) is -1.47. The van der Waals surface area contributed by atoms with E-state index in [1.165, 1.54) is 18.7 Å². The highest BCUT2D eigenvalue weighted by atomic mass is 32.2. The van der Waals surface area contributed by atoms with Crippen LogP contribution in [0.4, 0.5) is 4.79 Å². The number of nitrogens with one attached hydrogen (secondary N) is 1. The summed E-state index contributed by atoms with van der Waals surface area (Å²) in [4.78, 5) is 48.4. The number of carbonyl (C=O) groups is 4. The standard InChI is InChI=1S/C23H18N2O5S/c1-12(22(28)25-23(24)29)30-19(26)11-31-18-10-9-14-13-5-2-3-6-15(13)21(27)17-8-4-7-16(18)20(14)17/h2-10,12H,11H2,1H3,(H3,24,25,28,29). The van der Waals surface area contributed by atoms with Crippen LogP contribution in [0.15, 0.2) is 59.5 Å². The number of ether oxygens (including phenoxy) is 1. The third-order valence-electron chi connectivity index (χ3n) is 4.98. The number of thioether (sulfide) groups is 1. The molecule has 8 heteroatoms. The van der Waals surface area contributed by atoms with Crippen molar-refractivity contribution in [3.05, 3.63) is 65.7 Å². The van der Waals surface area contributed by atoms with Crippen molar-refractivity contribution in [1.29, 1.82) is 0 Å². The molecule has 1 aliphatic carbocycles. The Balaban J connectivity index is 1.58. The molecule has 0 radical (unpaired) electrons. The first-order valence-electron chi connectivity index (χ1n) is 9.49. The number of hydrogen-bond acceptors (Lipinski definition) is 6. The molecule has 1 aliphatic rings. The van der Waals surface area contributed by atoms with Crippen LogP contribution in [-0.4, -0.2) is 35.5 Å². The molecule has 0 spiro atoms. The Bertz CT molecular complexity index is 1250. The lowest BCUT2D eigenvalue weighted by Crippen LogP contribution is -2.42. The third kappa shape index (κ3) is 3.89. The molecule has 3 aromatic rings. The highest BCUT2D eigenvalue weighted by molar-refractivity contribution is 8.00. The van der Waals surface area contributed by atoms with E-state index in [-0.39, 0.29) is 11.5 Å². The molecule has 0 heterocycles. The SMILES string of the molecule is CC(OC(=O)CSc1ccc2c3c(cccc13)C(=O)c1ccccc1-2)C(=O)NC(N)=O. The lowest BCUT2D eigenvalue weighted by atomic mass is 9.83. The second-order valence-corrected chi connectivity index (χ2v) is 8.01. The van der Waals surface area contributed by atoms with Crippen molar-refractivity contribution in [2.75, 3.05) is 5.75 Å². The fourth-order valence-corrected chi connectivity index (χ4v) is 4.46. The van der Waals surface area contributed by atoms with E-state index in [1.807, 2.05) is 59.9 Å². The number of carbonyl (C=O) groups excluding carboxylic acids is 4. The largest absolute Gasteiger partial charge is 0.452 e. The Morgan fingerprint density at radius 1 is 0.968 bits per heavy atom. The normalized spacial score (nSPS) is 12.7. The molecule has 0 bridgehead atoms. The third-order valence-corrected chi connectivity index (χ3v) is 6.02. The van der Waals surface area contributed by atoms with Gasteiger partial charge in [-0.2, -0.15) is 0 Å². The van der Waals surface area contributed by atoms with Crippen molar-refractivity contribution in [3.63, 3.8) is 0 Å². The Morgan fingerprint density at radius 3 is 2.42 bits per heavy atom. The first-order valence-corrected chi connectivity index (χ1v) is 10.5. The van der Waals surface area contributed by atoms with E-state index < -0.39 is 24.0 Å². The molecule has 3 amide bonds. The van der Waals surface area contributed by atoms with Crippen molar-refractivity contribution < 1.29 is 23.9 Å².